The Morgan fingerprint density at radius 1 is 1.35 bits per heavy atom. The van der Waals surface area contributed by atoms with E-state index in [2.05, 4.69) is 36.1 Å². The van der Waals surface area contributed by atoms with Gasteiger partial charge in [0, 0.05) is 39.3 Å². The summed E-state index contributed by atoms with van der Waals surface area (Å²) in [6.07, 6.45) is 0.975. The fraction of sp³-hybridized carbons (Fsp3) is 0.588. The third-order valence-corrected chi connectivity index (χ3v) is 4.12. The van der Waals surface area contributed by atoms with Crippen molar-refractivity contribution in [3.05, 3.63) is 35.9 Å². The SMILES string of the molecule is COCC(N)C(=O)N1CCCN(Cc2ccccc2)CC1C.Cl. The molecule has 0 bridgehead atoms. The van der Waals surface area contributed by atoms with Crippen LogP contribution in [0, 0.1) is 0 Å². The molecule has 0 aromatic heterocycles. The number of benzene rings is 1. The van der Waals surface area contributed by atoms with Gasteiger partial charge in [0.25, 0.3) is 0 Å². The molecule has 2 N–H and O–H groups in total. The second-order valence-electron chi connectivity index (χ2n) is 6.02. The highest BCUT2D eigenvalue weighted by Gasteiger charge is 2.28. The number of nitrogens with two attached hydrogens (primary N) is 1. The average molecular weight is 342 g/mol. The van der Waals surface area contributed by atoms with Crippen LogP contribution in [0.5, 0.6) is 0 Å². The molecule has 1 heterocycles. The number of amides is 1. The Balaban J connectivity index is 0.00000264. The number of rotatable bonds is 5. The summed E-state index contributed by atoms with van der Waals surface area (Å²) in [6.45, 7) is 5.94. The van der Waals surface area contributed by atoms with Crippen LogP contribution in [-0.4, -0.2) is 61.1 Å². The molecule has 1 aromatic carbocycles. The van der Waals surface area contributed by atoms with E-state index >= 15 is 0 Å². The molecular weight excluding hydrogens is 314 g/mol. The van der Waals surface area contributed by atoms with Gasteiger partial charge in [0.15, 0.2) is 0 Å². The number of carbonyl (C=O) groups is 1. The van der Waals surface area contributed by atoms with Gasteiger partial charge in [-0.1, -0.05) is 30.3 Å². The molecule has 6 heteroatoms. The van der Waals surface area contributed by atoms with Crippen molar-refractivity contribution in [3.63, 3.8) is 0 Å². The van der Waals surface area contributed by atoms with Crippen LogP contribution in [0.25, 0.3) is 0 Å². The van der Waals surface area contributed by atoms with E-state index in [4.69, 9.17) is 10.5 Å². The quantitative estimate of drug-likeness (QED) is 0.882. The Labute approximate surface area is 145 Å². The van der Waals surface area contributed by atoms with Gasteiger partial charge in [-0.05, 0) is 18.9 Å². The van der Waals surface area contributed by atoms with Crippen LogP contribution in [0.15, 0.2) is 30.3 Å². The van der Waals surface area contributed by atoms with Gasteiger partial charge in [-0.2, -0.15) is 0 Å². The molecule has 2 rings (SSSR count). The summed E-state index contributed by atoms with van der Waals surface area (Å²) >= 11 is 0. The molecular formula is C17H28ClN3O2. The first kappa shape index (κ1) is 19.9. The molecule has 1 saturated heterocycles. The maximum atomic E-state index is 12.4. The van der Waals surface area contributed by atoms with Crippen molar-refractivity contribution in [2.45, 2.75) is 32.0 Å². The van der Waals surface area contributed by atoms with E-state index in [0.29, 0.717) is 0 Å². The fourth-order valence-corrected chi connectivity index (χ4v) is 3.03. The first-order valence-corrected chi connectivity index (χ1v) is 7.93. The number of ether oxygens (including phenoxy) is 1. The predicted molar refractivity (Wildman–Crippen MR) is 94.6 cm³/mol. The third kappa shape index (κ3) is 5.77. The van der Waals surface area contributed by atoms with Crippen molar-refractivity contribution in [2.24, 2.45) is 5.73 Å². The van der Waals surface area contributed by atoms with Crippen LogP contribution in [0.4, 0.5) is 0 Å². The van der Waals surface area contributed by atoms with E-state index in [0.717, 1.165) is 32.6 Å². The van der Waals surface area contributed by atoms with Gasteiger partial charge in [0.05, 0.1) is 6.61 Å². The minimum Gasteiger partial charge on any atom is -0.383 e. The lowest BCUT2D eigenvalue weighted by molar-refractivity contribution is -0.135. The zero-order valence-electron chi connectivity index (χ0n) is 14.0. The number of carbonyl (C=O) groups excluding carboxylic acids is 1. The lowest BCUT2D eigenvalue weighted by Gasteiger charge is -2.31. The Kier molecular flexibility index (Phi) is 8.55. The van der Waals surface area contributed by atoms with E-state index in [1.165, 1.54) is 5.56 Å². The summed E-state index contributed by atoms with van der Waals surface area (Å²) in [5, 5.41) is 0. The van der Waals surface area contributed by atoms with Gasteiger partial charge in [-0.3, -0.25) is 9.69 Å². The molecule has 2 atom stereocenters. The number of methoxy groups -OCH3 is 1. The summed E-state index contributed by atoms with van der Waals surface area (Å²) in [5.41, 5.74) is 7.21. The van der Waals surface area contributed by atoms with Crippen molar-refractivity contribution >= 4 is 18.3 Å². The van der Waals surface area contributed by atoms with E-state index < -0.39 is 6.04 Å². The Hall–Kier alpha value is -1.14. The normalized spacial score (nSPS) is 20.5. The molecule has 1 aliphatic rings. The van der Waals surface area contributed by atoms with Crippen LogP contribution in [0.2, 0.25) is 0 Å². The number of nitrogens with zero attached hydrogens (tertiary/aromatic N) is 2. The minimum absolute atomic E-state index is 0. The lowest BCUT2D eigenvalue weighted by atomic mass is 10.2. The fourth-order valence-electron chi connectivity index (χ4n) is 3.03. The molecule has 0 spiro atoms. The summed E-state index contributed by atoms with van der Waals surface area (Å²) in [4.78, 5) is 16.7. The maximum Gasteiger partial charge on any atom is 0.242 e. The standard InChI is InChI=1S/C17H27N3O2.ClH/c1-14-11-19(12-15-7-4-3-5-8-15)9-6-10-20(14)17(21)16(18)13-22-2;/h3-5,7-8,14,16H,6,9-13,18H2,1-2H3;1H. The molecule has 5 nitrogen and oxygen atoms in total. The highest BCUT2D eigenvalue weighted by atomic mass is 35.5. The van der Waals surface area contributed by atoms with Crippen molar-refractivity contribution in [1.82, 2.24) is 9.80 Å². The van der Waals surface area contributed by atoms with Crippen LogP contribution >= 0.6 is 12.4 Å². The van der Waals surface area contributed by atoms with Crippen LogP contribution in [0.1, 0.15) is 18.9 Å². The molecule has 0 saturated carbocycles. The zero-order chi connectivity index (χ0) is 15.9. The first-order chi connectivity index (χ1) is 10.6. The smallest absolute Gasteiger partial charge is 0.242 e. The van der Waals surface area contributed by atoms with Gasteiger partial charge >= 0.3 is 0 Å². The topological polar surface area (TPSA) is 58.8 Å². The Bertz CT molecular complexity index is 472. The second-order valence-corrected chi connectivity index (χ2v) is 6.02. The Morgan fingerprint density at radius 2 is 2.04 bits per heavy atom. The molecule has 0 aliphatic carbocycles. The molecule has 130 valence electrons. The molecule has 2 unspecified atom stereocenters. The summed E-state index contributed by atoms with van der Waals surface area (Å²) < 4.78 is 5.00. The highest BCUT2D eigenvalue weighted by molar-refractivity contribution is 5.85. The van der Waals surface area contributed by atoms with Crippen LogP contribution in [-0.2, 0) is 16.1 Å². The van der Waals surface area contributed by atoms with E-state index in [1.807, 2.05) is 11.0 Å². The predicted octanol–water partition coefficient (Wildman–Crippen LogP) is 1.50. The third-order valence-electron chi connectivity index (χ3n) is 4.12. The highest BCUT2D eigenvalue weighted by Crippen LogP contribution is 2.14. The van der Waals surface area contributed by atoms with Gasteiger partial charge in [-0.15, -0.1) is 12.4 Å². The van der Waals surface area contributed by atoms with Gasteiger partial charge in [0.2, 0.25) is 5.91 Å². The number of hydrogen-bond acceptors (Lipinski definition) is 4. The maximum absolute atomic E-state index is 12.4. The monoisotopic (exact) mass is 341 g/mol. The van der Waals surface area contributed by atoms with Gasteiger partial charge < -0.3 is 15.4 Å². The van der Waals surface area contributed by atoms with Crippen molar-refractivity contribution in [3.8, 4) is 0 Å². The second kappa shape index (κ2) is 9.88. The van der Waals surface area contributed by atoms with Gasteiger partial charge in [-0.25, -0.2) is 0 Å². The summed E-state index contributed by atoms with van der Waals surface area (Å²) in [5.74, 6) is -0.00379. The van der Waals surface area contributed by atoms with Crippen molar-refractivity contribution in [1.29, 1.82) is 0 Å². The van der Waals surface area contributed by atoms with E-state index in [1.54, 1.807) is 7.11 Å². The largest absolute Gasteiger partial charge is 0.383 e. The first-order valence-electron chi connectivity index (χ1n) is 7.93. The summed E-state index contributed by atoms with van der Waals surface area (Å²) in [7, 11) is 1.57. The molecule has 1 fully saturated rings. The number of hydrogen-bond donors (Lipinski definition) is 1. The zero-order valence-corrected chi connectivity index (χ0v) is 14.8. The number of halogens is 1. The molecule has 0 radical (unpaired) electrons. The van der Waals surface area contributed by atoms with Crippen molar-refractivity contribution < 1.29 is 9.53 Å². The van der Waals surface area contributed by atoms with Crippen molar-refractivity contribution in [2.75, 3.05) is 33.4 Å². The minimum atomic E-state index is -0.562. The molecule has 23 heavy (non-hydrogen) atoms. The van der Waals surface area contributed by atoms with E-state index in [9.17, 15) is 4.79 Å². The average Bonchev–Trinajstić information content (AvgIpc) is 2.69. The molecule has 1 aromatic rings. The van der Waals surface area contributed by atoms with Crippen LogP contribution in [0.3, 0.4) is 0 Å². The lowest BCUT2D eigenvalue weighted by Crippen LogP contribution is -2.51. The molecule has 1 aliphatic heterocycles. The summed E-state index contributed by atoms with van der Waals surface area (Å²) in [6, 6.07) is 10.1. The van der Waals surface area contributed by atoms with E-state index in [-0.39, 0.29) is 31.0 Å². The Morgan fingerprint density at radius 3 is 2.70 bits per heavy atom. The van der Waals surface area contributed by atoms with Crippen LogP contribution < -0.4 is 5.73 Å². The van der Waals surface area contributed by atoms with Gasteiger partial charge in [0.1, 0.15) is 6.04 Å². The molecule has 1 amide bonds.